The highest BCUT2D eigenvalue weighted by atomic mass is 35.5. The van der Waals surface area contributed by atoms with E-state index in [0.29, 0.717) is 12.5 Å². The van der Waals surface area contributed by atoms with Crippen LogP contribution in [0.2, 0.25) is 0 Å². The minimum Gasteiger partial charge on any atom is -0.377 e. The van der Waals surface area contributed by atoms with Crippen molar-refractivity contribution >= 4 is 17.5 Å². The molecule has 2 heterocycles. The fourth-order valence-electron chi connectivity index (χ4n) is 1.79. The lowest BCUT2D eigenvalue weighted by Gasteiger charge is -2.42. The lowest BCUT2D eigenvalue weighted by molar-refractivity contribution is 0.0634. The summed E-state index contributed by atoms with van der Waals surface area (Å²) in [5.74, 6) is 1.20. The third-order valence-electron chi connectivity index (χ3n) is 2.73. The molecule has 0 aliphatic carbocycles. The zero-order chi connectivity index (χ0) is 11.6. The molecule has 88 valence electrons. The van der Waals surface area contributed by atoms with Gasteiger partial charge in [0.05, 0.1) is 24.6 Å². The Hall–Kier alpha value is -0.870. The molecule has 0 radical (unpaired) electrons. The van der Waals surface area contributed by atoms with Gasteiger partial charge in [0.25, 0.3) is 0 Å². The van der Waals surface area contributed by atoms with E-state index >= 15 is 0 Å². The molecule has 0 aromatic carbocycles. The maximum atomic E-state index is 5.71. The number of alkyl halides is 1. The van der Waals surface area contributed by atoms with Gasteiger partial charge in [-0.15, -0.1) is 11.6 Å². The normalized spacial score (nSPS) is 19.8. The van der Waals surface area contributed by atoms with Crippen molar-refractivity contribution in [3.8, 4) is 0 Å². The van der Waals surface area contributed by atoms with Crippen LogP contribution in [0.5, 0.6) is 0 Å². The molecule has 1 fully saturated rings. The second kappa shape index (κ2) is 4.55. The van der Waals surface area contributed by atoms with Gasteiger partial charge in [0.15, 0.2) is 0 Å². The second-order valence-corrected chi connectivity index (χ2v) is 4.81. The molecule has 5 heteroatoms. The molecular formula is C11H16ClN3O. The molecule has 1 aromatic heterocycles. The summed E-state index contributed by atoms with van der Waals surface area (Å²) >= 11 is 5.71. The van der Waals surface area contributed by atoms with Gasteiger partial charge in [0, 0.05) is 24.5 Å². The topological polar surface area (TPSA) is 38.2 Å². The first-order valence-corrected chi connectivity index (χ1v) is 5.89. The van der Waals surface area contributed by atoms with Gasteiger partial charge in [-0.25, -0.2) is 9.97 Å². The number of aromatic nitrogens is 2. The molecule has 1 saturated heterocycles. The van der Waals surface area contributed by atoms with Crippen molar-refractivity contribution in [2.24, 2.45) is 0 Å². The van der Waals surface area contributed by atoms with E-state index in [1.54, 1.807) is 12.4 Å². The number of rotatable bonds is 2. The van der Waals surface area contributed by atoms with Crippen LogP contribution in [0.3, 0.4) is 0 Å². The molecule has 1 aromatic rings. The molecule has 0 bridgehead atoms. The summed E-state index contributed by atoms with van der Waals surface area (Å²) < 4.78 is 5.46. The minimum atomic E-state index is -0.0548. The van der Waals surface area contributed by atoms with E-state index in [4.69, 9.17) is 16.3 Å². The largest absolute Gasteiger partial charge is 0.377 e. The Kier molecular flexibility index (Phi) is 3.30. The Morgan fingerprint density at radius 3 is 2.69 bits per heavy atom. The summed E-state index contributed by atoms with van der Waals surface area (Å²) in [6.07, 6.45) is 3.56. The summed E-state index contributed by atoms with van der Waals surface area (Å²) in [4.78, 5) is 10.9. The average molecular weight is 242 g/mol. The Morgan fingerprint density at radius 1 is 1.44 bits per heavy atom. The molecule has 0 spiro atoms. The Balaban J connectivity index is 2.21. The van der Waals surface area contributed by atoms with E-state index in [1.165, 1.54) is 0 Å². The quantitative estimate of drug-likeness (QED) is 0.741. The molecule has 0 atom stereocenters. The van der Waals surface area contributed by atoms with Crippen molar-refractivity contribution in [3.63, 3.8) is 0 Å². The number of hydrogen-bond acceptors (Lipinski definition) is 4. The van der Waals surface area contributed by atoms with Crippen LogP contribution in [0, 0.1) is 0 Å². The third kappa shape index (κ3) is 2.28. The highest BCUT2D eigenvalue weighted by molar-refractivity contribution is 6.17. The number of morpholine rings is 1. The third-order valence-corrected chi connectivity index (χ3v) is 3.04. The van der Waals surface area contributed by atoms with E-state index in [2.05, 4.69) is 28.7 Å². The maximum Gasteiger partial charge on any atom is 0.225 e. The summed E-state index contributed by atoms with van der Waals surface area (Å²) in [7, 11) is 0. The summed E-state index contributed by atoms with van der Waals surface area (Å²) in [5, 5.41) is 0. The monoisotopic (exact) mass is 241 g/mol. The van der Waals surface area contributed by atoms with Crippen LogP contribution in [0.1, 0.15) is 19.4 Å². The second-order valence-electron chi connectivity index (χ2n) is 4.54. The highest BCUT2D eigenvalue weighted by Crippen LogP contribution is 2.23. The van der Waals surface area contributed by atoms with Gasteiger partial charge < -0.3 is 9.64 Å². The smallest absolute Gasteiger partial charge is 0.225 e. The van der Waals surface area contributed by atoms with Gasteiger partial charge in [-0.3, -0.25) is 0 Å². The predicted octanol–water partition coefficient (Wildman–Crippen LogP) is 1.83. The lowest BCUT2D eigenvalue weighted by Crippen LogP contribution is -2.53. The van der Waals surface area contributed by atoms with Crippen LogP contribution in [0.15, 0.2) is 12.4 Å². The number of halogens is 1. The van der Waals surface area contributed by atoms with E-state index < -0.39 is 0 Å². The van der Waals surface area contributed by atoms with Crippen molar-refractivity contribution in [3.05, 3.63) is 18.0 Å². The average Bonchev–Trinajstić information content (AvgIpc) is 2.29. The fraction of sp³-hybridized carbons (Fsp3) is 0.636. The molecule has 4 nitrogen and oxygen atoms in total. The number of anilines is 1. The van der Waals surface area contributed by atoms with Gasteiger partial charge in [-0.1, -0.05) is 0 Å². The van der Waals surface area contributed by atoms with E-state index in [0.717, 1.165) is 24.7 Å². The molecular weight excluding hydrogens is 226 g/mol. The molecule has 2 rings (SSSR count). The molecule has 0 unspecified atom stereocenters. The zero-order valence-corrected chi connectivity index (χ0v) is 10.4. The molecule has 16 heavy (non-hydrogen) atoms. The first kappa shape index (κ1) is 11.6. The predicted molar refractivity (Wildman–Crippen MR) is 63.8 cm³/mol. The molecule has 0 N–H and O–H groups in total. The van der Waals surface area contributed by atoms with Crippen LogP contribution in [-0.4, -0.2) is 35.3 Å². The summed E-state index contributed by atoms with van der Waals surface area (Å²) in [5.41, 5.74) is 0.886. The van der Waals surface area contributed by atoms with Crippen molar-refractivity contribution in [1.82, 2.24) is 9.97 Å². The number of hydrogen-bond donors (Lipinski definition) is 0. The van der Waals surface area contributed by atoms with Crippen LogP contribution in [0.25, 0.3) is 0 Å². The lowest BCUT2D eigenvalue weighted by atomic mass is 10.0. The maximum absolute atomic E-state index is 5.71. The first-order chi connectivity index (χ1) is 7.63. The Morgan fingerprint density at radius 2 is 2.12 bits per heavy atom. The SMILES string of the molecule is CC1(C)COCCN1c1ncc(CCl)cn1. The van der Waals surface area contributed by atoms with Gasteiger partial charge in [0.2, 0.25) is 5.95 Å². The van der Waals surface area contributed by atoms with Gasteiger partial charge in [0.1, 0.15) is 0 Å². The van der Waals surface area contributed by atoms with E-state index in [1.807, 2.05) is 0 Å². The van der Waals surface area contributed by atoms with Crippen LogP contribution in [-0.2, 0) is 10.6 Å². The standard InChI is InChI=1S/C11H16ClN3O/c1-11(2)8-16-4-3-15(11)10-13-6-9(5-12)7-14-10/h6-7H,3-5,8H2,1-2H3. The van der Waals surface area contributed by atoms with E-state index in [9.17, 15) is 0 Å². The molecule has 0 amide bonds. The number of ether oxygens (including phenoxy) is 1. The summed E-state index contributed by atoms with van der Waals surface area (Å²) in [6, 6.07) is 0. The zero-order valence-electron chi connectivity index (χ0n) is 9.61. The van der Waals surface area contributed by atoms with Crippen LogP contribution < -0.4 is 4.90 Å². The van der Waals surface area contributed by atoms with Crippen molar-refractivity contribution in [1.29, 1.82) is 0 Å². The Labute approximate surface area is 101 Å². The van der Waals surface area contributed by atoms with Crippen LogP contribution >= 0.6 is 11.6 Å². The molecule has 1 aliphatic rings. The van der Waals surface area contributed by atoms with Crippen molar-refractivity contribution < 1.29 is 4.74 Å². The molecule has 0 saturated carbocycles. The first-order valence-electron chi connectivity index (χ1n) is 5.36. The number of nitrogens with zero attached hydrogens (tertiary/aromatic N) is 3. The van der Waals surface area contributed by atoms with Gasteiger partial charge in [-0.05, 0) is 13.8 Å². The highest BCUT2D eigenvalue weighted by Gasteiger charge is 2.32. The van der Waals surface area contributed by atoms with E-state index in [-0.39, 0.29) is 5.54 Å². The Bertz CT molecular complexity index is 353. The van der Waals surface area contributed by atoms with Gasteiger partial charge >= 0.3 is 0 Å². The van der Waals surface area contributed by atoms with Gasteiger partial charge in [-0.2, -0.15) is 0 Å². The molecule has 1 aliphatic heterocycles. The fourth-order valence-corrected chi connectivity index (χ4v) is 1.92. The minimum absolute atomic E-state index is 0.0548. The van der Waals surface area contributed by atoms with Crippen molar-refractivity contribution in [2.45, 2.75) is 25.3 Å². The van der Waals surface area contributed by atoms with Crippen LogP contribution in [0.4, 0.5) is 5.95 Å². The summed E-state index contributed by atoms with van der Waals surface area (Å²) in [6.45, 7) is 6.51. The van der Waals surface area contributed by atoms with Crippen molar-refractivity contribution in [2.75, 3.05) is 24.7 Å².